The number of amides is 2. The highest BCUT2D eigenvalue weighted by Crippen LogP contribution is 2.23. The number of halogens is 1. The maximum Gasteiger partial charge on any atom is 0.225 e. The van der Waals surface area contributed by atoms with Crippen LogP contribution in [0.3, 0.4) is 0 Å². The minimum atomic E-state index is 0. The molecule has 150 valence electrons. The van der Waals surface area contributed by atoms with Crippen LogP contribution >= 0.6 is 12.4 Å². The Kier molecular flexibility index (Phi) is 8.11. The molecule has 0 saturated carbocycles. The molecule has 0 radical (unpaired) electrons. The lowest BCUT2D eigenvalue weighted by Crippen LogP contribution is -2.48. The van der Waals surface area contributed by atoms with Gasteiger partial charge in [0.15, 0.2) is 0 Å². The molecule has 2 aliphatic rings. The van der Waals surface area contributed by atoms with Crippen LogP contribution in [-0.2, 0) is 16.1 Å². The van der Waals surface area contributed by atoms with E-state index in [4.69, 9.17) is 0 Å². The van der Waals surface area contributed by atoms with E-state index in [0.29, 0.717) is 25.7 Å². The summed E-state index contributed by atoms with van der Waals surface area (Å²) in [5.41, 5.74) is 2.34. The van der Waals surface area contributed by atoms with Gasteiger partial charge in [-0.15, -0.1) is 12.4 Å². The van der Waals surface area contributed by atoms with Gasteiger partial charge in [0.25, 0.3) is 0 Å². The number of carbonyl (C=O) groups is 2. The van der Waals surface area contributed by atoms with Gasteiger partial charge in [-0.1, -0.05) is 29.8 Å². The average Bonchev–Trinajstić information content (AvgIpc) is 2.67. The molecule has 2 fully saturated rings. The number of rotatable bonds is 4. The summed E-state index contributed by atoms with van der Waals surface area (Å²) in [5.74, 6) is 0.583. The minimum Gasteiger partial charge on any atom is -0.352 e. The molecule has 5 nitrogen and oxygen atoms in total. The van der Waals surface area contributed by atoms with E-state index in [1.165, 1.54) is 5.56 Å². The fraction of sp³-hybridized carbons (Fsp3) is 0.619. The number of hydrogen-bond acceptors (Lipinski definition) is 3. The molecule has 1 aromatic carbocycles. The molecule has 0 unspecified atom stereocenters. The van der Waals surface area contributed by atoms with Crippen molar-refractivity contribution in [1.82, 2.24) is 15.5 Å². The predicted octanol–water partition coefficient (Wildman–Crippen LogP) is 2.66. The minimum absolute atomic E-state index is 0. The summed E-state index contributed by atoms with van der Waals surface area (Å²) < 4.78 is 0. The average molecular weight is 394 g/mol. The van der Waals surface area contributed by atoms with Crippen molar-refractivity contribution < 1.29 is 9.59 Å². The van der Waals surface area contributed by atoms with Gasteiger partial charge in [0.05, 0.1) is 0 Å². The van der Waals surface area contributed by atoms with Crippen LogP contribution < -0.4 is 10.6 Å². The summed E-state index contributed by atoms with van der Waals surface area (Å²) >= 11 is 0. The molecule has 0 aromatic heterocycles. The predicted molar refractivity (Wildman–Crippen MR) is 110 cm³/mol. The molecule has 3 rings (SSSR count). The molecule has 0 aliphatic carbocycles. The third kappa shape index (κ3) is 5.94. The normalized spacial score (nSPS) is 23.4. The maximum absolute atomic E-state index is 12.7. The first-order valence-corrected chi connectivity index (χ1v) is 9.88. The molecule has 2 saturated heterocycles. The Hall–Kier alpha value is -1.59. The van der Waals surface area contributed by atoms with Crippen molar-refractivity contribution in [2.24, 2.45) is 11.8 Å². The number of carbonyl (C=O) groups excluding carboxylic acids is 2. The second-order valence-electron chi connectivity index (χ2n) is 7.88. The number of nitrogens with one attached hydrogen (secondary N) is 2. The molecule has 2 heterocycles. The number of nitrogens with zero attached hydrogens (tertiary/aromatic N) is 1. The van der Waals surface area contributed by atoms with E-state index in [2.05, 4.69) is 48.7 Å². The van der Waals surface area contributed by atoms with Gasteiger partial charge in [0.1, 0.15) is 0 Å². The van der Waals surface area contributed by atoms with E-state index < -0.39 is 0 Å². The van der Waals surface area contributed by atoms with Crippen molar-refractivity contribution in [3.63, 3.8) is 0 Å². The van der Waals surface area contributed by atoms with Gasteiger partial charge >= 0.3 is 0 Å². The number of likely N-dealkylation sites (tertiary alicyclic amines) is 1. The Morgan fingerprint density at radius 1 is 1.11 bits per heavy atom. The number of aryl methyl sites for hydroxylation is 1. The summed E-state index contributed by atoms with van der Waals surface area (Å²) in [6.45, 7) is 7.12. The Labute approximate surface area is 168 Å². The molecule has 0 spiro atoms. The number of hydrogen-bond donors (Lipinski definition) is 2. The van der Waals surface area contributed by atoms with Crippen molar-refractivity contribution in [2.45, 2.75) is 52.1 Å². The molecule has 2 atom stereocenters. The SMILES string of the molecule is Cc1ccc(CNC(=O)C2CCN(C(=O)[C@H]3CCN[C@@H](C)C3)CC2)cc1.Cl. The van der Waals surface area contributed by atoms with Crippen molar-refractivity contribution >= 4 is 24.2 Å². The highest BCUT2D eigenvalue weighted by atomic mass is 35.5. The largest absolute Gasteiger partial charge is 0.352 e. The van der Waals surface area contributed by atoms with E-state index in [0.717, 1.165) is 37.8 Å². The Morgan fingerprint density at radius 3 is 2.41 bits per heavy atom. The van der Waals surface area contributed by atoms with Crippen molar-refractivity contribution in [3.05, 3.63) is 35.4 Å². The molecular weight excluding hydrogens is 362 g/mol. The monoisotopic (exact) mass is 393 g/mol. The van der Waals surface area contributed by atoms with E-state index in [1.807, 2.05) is 4.90 Å². The molecule has 6 heteroatoms. The van der Waals surface area contributed by atoms with Crippen LogP contribution in [0.2, 0.25) is 0 Å². The number of benzene rings is 1. The first-order valence-electron chi connectivity index (χ1n) is 9.88. The molecule has 27 heavy (non-hydrogen) atoms. The highest BCUT2D eigenvalue weighted by Gasteiger charge is 2.32. The van der Waals surface area contributed by atoms with Crippen LogP contribution in [0.4, 0.5) is 0 Å². The van der Waals surface area contributed by atoms with Crippen LogP contribution in [0.5, 0.6) is 0 Å². The second kappa shape index (κ2) is 10.1. The quantitative estimate of drug-likeness (QED) is 0.826. The third-order valence-electron chi connectivity index (χ3n) is 5.74. The lowest BCUT2D eigenvalue weighted by Gasteiger charge is -2.36. The molecule has 2 N–H and O–H groups in total. The molecule has 2 aliphatic heterocycles. The maximum atomic E-state index is 12.7. The van der Waals surface area contributed by atoms with Gasteiger partial charge in [0.2, 0.25) is 11.8 Å². The van der Waals surface area contributed by atoms with E-state index >= 15 is 0 Å². The van der Waals surface area contributed by atoms with Crippen LogP contribution in [-0.4, -0.2) is 42.4 Å². The summed E-state index contributed by atoms with van der Waals surface area (Å²) in [5, 5.41) is 6.45. The van der Waals surface area contributed by atoms with Crippen molar-refractivity contribution in [3.8, 4) is 0 Å². The molecule has 1 aromatic rings. The van der Waals surface area contributed by atoms with Gasteiger partial charge < -0.3 is 15.5 Å². The Bertz CT molecular complexity index is 627. The van der Waals surface area contributed by atoms with Gasteiger partial charge in [-0.3, -0.25) is 9.59 Å². The third-order valence-corrected chi connectivity index (χ3v) is 5.74. The second-order valence-corrected chi connectivity index (χ2v) is 7.88. The summed E-state index contributed by atoms with van der Waals surface area (Å²) in [6.07, 6.45) is 3.40. The van der Waals surface area contributed by atoms with Crippen molar-refractivity contribution in [2.75, 3.05) is 19.6 Å². The zero-order chi connectivity index (χ0) is 18.5. The van der Waals surface area contributed by atoms with Crippen LogP contribution in [0.1, 0.15) is 43.7 Å². The Balaban J connectivity index is 0.00000261. The zero-order valence-electron chi connectivity index (χ0n) is 16.4. The van der Waals surface area contributed by atoms with Crippen LogP contribution in [0.25, 0.3) is 0 Å². The summed E-state index contributed by atoms with van der Waals surface area (Å²) in [6, 6.07) is 8.65. The molecule has 2 amide bonds. The first kappa shape index (κ1) is 21.7. The molecular formula is C21H32ClN3O2. The van der Waals surface area contributed by atoms with E-state index in [1.54, 1.807) is 0 Å². The molecule has 0 bridgehead atoms. The highest BCUT2D eigenvalue weighted by molar-refractivity contribution is 5.85. The fourth-order valence-electron chi connectivity index (χ4n) is 4.02. The summed E-state index contributed by atoms with van der Waals surface area (Å²) in [4.78, 5) is 27.1. The summed E-state index contributed by atoms with van der Waals surface area (Å²) in [7, 11) is 0. The van der Waals surface area contributed by atoms with Crippen LogP contribution in [0.15, 0.2) is 24.3 Å². The van der Waals surface area contributed by atoms with E-state index in [9.17, 15) is 9.59 Å². The topological polar surface area (TPSA) is 61.4 Å². The lowest BCUT2D eigenvalue weighted by molar-refractivity contribution is -0.140. The lowest BCUT2D eigenvalue weighted by atomic mass is 9.90. The smallest absolute Gasteiger partial charge is 0.225 e. The van der Waals surface area contributed by atoms with Gasteiger partial charge in [-0.25, -0.2) is 0 Å². The first-order chi connectivity index (χ1) is 12.5. The van der Waals surface area contributed by atoms with E-state index in [-0.39, 0.29) is 36.1 Å². The fourth-order valence-corrected chi connectivity index (χ4v) is 4.02. The van der Waals surface area contributed by atoms with Crippen LogP contribution in [0, 0.1) is 18.8 Å². The van der Waals surface area contributed by atoms with Crippen molar-refractivity contribution in [1.29, 1.82) is 0 Å². The van der Waals surface area contributed by atoms with Gasteiger partial charge in [-0.05, 0) is 51.6 Å². The Morgan fingerprint density at radius 2 is 1.78 bits per heavy atom. The zero-order valence-corrected chi connectivity index (χ0v) is 17.2. The number of piperidine rings is 2. The standard InChI is InChI=1S/C21H31N3O2.ClH/c1-15-3-5-17(6-4-15)14-23-20(25)18-8-11-24(12-9-18)21(26)19-7-10-22-16(2)13-19;/h3-6,16,18-19,22H,7-14H2,1-2H3,(H,23,25);1H/t16-,19-;/m0./s1. The van der Waals surface area contributed by atoms with Gasteiger partial charge in [-0.2, -0.15) is 0 Å². The van der Waals surface area contributed by atoms with Gasteiger partial charge in [0, 0.05) is 37.5 Å².